The van der Waals surface area contributed by atoms with E-state index in [0.717, 1.165) is 12.0 Å². The third kappa shape index (κ3) is 3.76. The molecule has 1 amide bonds. The van der Waals surface area contributed by atoms with Crippen LogP contribution in [0.2, 0.25) is 0 Å². The number of amides is 1. The lowest BCUT2D eigenvalue weighted by molar-refractivity contribution is -0.467. The lowest BCUT2D eigenvalue weighted by atomic mass is 10.1. The number of aryl methyl sites for hydroxylation is 1. The summed E-state index contributed by atoms with van der Waals surface area (Å²) in [5.74, 6) is -0.607. The molecule has 80 valence electrons. The first-order valence-corrected chi connectivity index (χ1v) is 4.62. The number of nitrogens with zero attached hydrogens (tertiary/aromatic N) is 1. The number of nitrogens with one attached hydrogen (secondary N) is 1. The van der Waals surface area contributed by atoms with E-state index >= 15 is 0 Å². The highest BCUT2D eigenvalue weighted by molar-refractivity contribution is 5.91. The van der Waals surface area contributed by atoms with Crippen LogP contribution in [0.3, 0.4) is 0 Å². The summed E-state index contributed by atoms with van der Waals surface area (Å²) in [6, 6.07) is 7.22. The maximum absolute atomic E-state index is 11.0. The number of hydrogen-bond donors (Lipinski definition) is 1. The van der Waals surface area contributed by atoms with Gasteiger partial charge >= 0.3 is 0 Å². The van der Waals surface area contributed by atoms with Gasteiger partial charge in [-0.25, -0.2) is 0 Å². The van der Waals surface area contributed by atoms with E-state index in [4.69, 9.17) is 0 Å². The van der Waals surface area contributed by atoms with Crippen LogP contribution in [0, 0.1) is 10.1 Å². The predicted molar refractivity (Wildman–Crippen MR) is 56.3 cm³/mol. The van der Waals surface area contributed by atoms with Crippen LogP contribution in [-0.2, 0) is 11.2 Å². The molecule has 0 bridgehead atoms. The zero-order valence-corrected chi connectivity index (χ0v) is 8.40. The van der Waals surface area contributed by atoms with E-state index in [2.05, 4.69) is 5.32 Å². The molecule has 0 aliphatic heterocycles. The molecular formula is C10H12N2O3. The zero-order valence-electron chi connectivity index (χ0n) is 8.40. The summed E-state index contributed by atoms with van der Waals surface area (Å²) in [6.07, 6.45) is 0.920. The number of hydrogen-bond acceptors (Lipinski definition) is 3. The third-order valence-corrected chi connectivity index (χ3v) is 1.92. The van der Waals surface area contributed by atoms with Gasteiger partial charge in [0.2, 0.25) is 0 Å². The van der Waals surface area contributed by atoms with Crippen LogP contribution in [0.25, 0.3) is 0 Å². The number of benzene rings is 1. The topological polar surface area (TPSA) is 72.2 Å². The van der Waals surface area contributed by atoms with E-state index < -0.39 is 17.4 Å². The van der Waals surface area contributed by atoms with Crippen molar-refractivity contribution in [2.24, 2.45) is 0 Å². The van der Waals surface area contributed by atoms with E-state index in [-0.39, 0.29) is 0 Å². The zero-order chi connectivity index (χ0) is 11.3. The van der Waals surface area contributed by atoms with Crippen LogP contribution in [0.5, 0.6) is 0 Å². The lowest BCUT2D eigenvalue weighted by Crippen LogP contribution is -2.21. The summed E-state index contributed by atoms with van der Waals surface area (Å²) in [5, 5.41) is 12.5. The molecule has 1 aromatic rings. The lowest BCUT2D eigenvalue weighted by Gasteiger charge is -2.03. The van der Waals surface area contributed by atoms with Crippen molar-refractivity contribution < 1.29 is 9.72 Å². The van der Waals surface area contributed by atoms with Gasteiger partial charge in [0.05, 0.1) is 0 Å². The number of rotatable bonds is 4. The van der Waals surface area contributed by atoms with Crippen molar-refractivity contribution in [3.63, 3.8) is 0 Å². The van der Waals surface area contributed by atoms with E-state index in [1.807, 2.05) is 19.1 Å². The number of nitro groups is 1. The molecule has 1 N–H and O–H groups in total. The second kappa shape index (κ2) is 5.09. The highest BCUT2D eigenvalue weighted by atomic mass is 16.6. The fourth-order valence-corrected chi connectivity index (χ4v) is 1.14. The largest absolute Gasteiger partial charge is 0.320 e. The summed E-state index contributed by atoms with van der Waals surface area (Å²) >= 11 is 0. The van der Waals surface area contributed by atoms with Crippen molar-refractivity contribution in [1.29, 1.82) is 0 Å². The molecule has 0 aromatic heterocycles. The number of carbonyl (C=O) groups is 1. The Kier molecular flexibility index (Phi) is 3.79. The van der Waals surface area contributed by atoms with Gasteiger partial charge in [-0.15, -0.1) is 0 Å². The monoisotopic (exact) mass is 208 g/mol. The second-order valence-corrected chi connectivity index (χ2v) is 3.09. The Morgan fingerprint density at radius 2 is 2.00 bits per heavy atom. The van der Waals surface area contributed by atoms with Crippen molar-refractivity contribution in [1.82, 2.24) is 0 Å². The van der Waals surface area contributed by atoms with Crippen LogP contribution in [0.4, 0.5) is 5.69 Å². The van der Waals surface area contributed by atoms with Gasteiger partial charge in [0.25, 0.3) is 12.5 Å². The minimum absolute atomic E-state index is 0.582. The predicted octanol–water partition coefficient (Wildman–Crippen LogP) is 1.46. The smallest absolute Gasteiger partial charge is 0.296 e. The quantitative estimate of drug-likeness (QED) is 0.601. The molecule has 1 aromatic carbocycles. The highest BCUT2D eigenvalue weighted by Gasteiger charge is 2.08. The summed E-state index contributed by atoms with van der Waals surface area (Å²) in [6.45, 7) is 1.33. The van der Waals surface area contributed by atoms with Crippen LogP contribution >= 0.6 is 0 Å². The average Bonchev–Trinajstić information content (AvgIpc) is 2.17. The van der Waals surface area contributed by atoms with Gasteiger partial charge in [0.15, 0.2) is 0 Å². The van der Waals surface area contributed by atoms with Gasteiger partial charge in [-0.3, -0.25) is 14.9 Å². The Bertz CT molecular complexity index is 359. The minimum Gasteiger partial charge on any atom is -0.320 e. The maximum Gasteiger partial charge on any atom is 0.296 e. The third-order valence-electron chi connectivity index (χ3n) is 1.92. The fraction of sp³-hybridized carbons (Fsp3) is 0.300. The summed E-state index contributed by atoms with van der Waals surface area (Å²) < 4.78 is 0. The molecule has 0 radical (unpaired) electrons. The van der Waals surface area contributed by atoms with Crippen molar-refractivity contribution >= 4 is 11.6 Å². The van der Waals surface area contributed by atoms with E-state index in [1.54, 1.807) is 12.1 Å². The first-order valence-electron chi connectivity index (χ1n) is 4.62. The van der Waals surface area contributed by atoms with Crippen LogP contribution < -0.4 is 5.32 Å². The van der Waals surface area contributed by atoms with Gasteiger partial charge in [-0.1, -0.05) is 19.1 Å². The Balaban J connectivity index is 2.57. The van der Waals surface area contributed by atoms with Gasteiger partial charge in [0.1, 0.15) is 0 Å². The SMILES string of the molecule is CCc1ccc(NC(=O)C[N+](=O)[O-])cc1. The van der Waals surface area contributed by atoms with Crippen molar-refractivity contribution in [2.45, 2.75) is 13.3 Å². The summed E-state index contributed by atoms with van der Waals surface area (Å²) in [7, 11) is 0. The number of carbonyl (C=O) groups excluding carboxylic acids is 1. The van der Waals surface area contributed by atoms with E-state index in [9.17, 15) is 14.9 Å². The first kappa shape index (κ1) is 11.2. The van der Waals surface area contributed by atoms with Gasteiger partial charge < -0.3 is 5.32 Å². The second-order valence-electron chi connectivity index (χ2n) is 3.09. The molecular weight excluding hydrogens is 196 g/mol. The maximum atomic E-state index is 11.0. The Morgan fingerprint density at radius 3 is 2.47 bits per heavy atom. The van der Waals surface area contributed by atoms with Gasteiger partial charge in [-0.05, 0) is 24.1 Å². The molecule has 0 heterocycles. The Morgan fingerprint density at radius 1 is 1.40 bits per heavy atom. The molecule has 0 aliphatic carbocycles. The summed E-state index contributed by atoms with van der Waals surface area (Å²) in [4.78, 5) is 20.4. The van der Waals surface area contributed by atoms with Gasteiger partial charge in [0, 0.05) is 10.6 Å². The fourth-order valence-electron chi connectivity index (χ4n) is 1.14. The van der Waals surface area contributed by atoms with Crippen LogP contribution in [0.1, 0.15) is 12.5 Å². The molecule has 0 saturated heterocycles. The van der Waals surface area contributed by atoms with Gasteiger partial charge in [-0.2, -0.15) is 0 Å². The molecule has 0 saturated carbocycles. The highest BCUT2D eigenvalue weighted by Crippen LogP contribution is 2.09. The normalized spacial score (nSPS) is 9.67. The van der Waals surface area contributed by atoms with E-state index in [0.29, 0.717) is 5.69 Å². The molecule has 0 atom stereocenters. The molecule has 5 heteroatoms. The molecule has 1 rings (SSSR count). The molecule has 0 fully saturated rings. The molecule has 15 heavy (non-hydrogen) atoms. The molecule has 0 aliphatic rings. The minimum atomic E-state index is -0.699. The molecule has 0 unspecified atom stereocenters. The standard InChI is InChI=1S/C10H12N2O3/c1-2-8-3-5-9(6-4-8)11-10(13)7-12(14)15/h3-6H,2,7H2,1H3,(H,11,13). The van der Waals surface area contributed by atoms with Crippen molar-refractivity contribution in [3.8, 4) is 0 Å². The van der Waals surface area contributed by atoms with E-state index in [1.165, 1.54) is 0 Å². The van der Waals surface area contributed by atoms with Crippen LogP contribution in [0.15, 0.2) is 24.3 Å². The molecule has 0 spiro atoms. The average molecular weight is 208 g/mol. The first-order chi connectivity index (χ1) is 7.11. The van der Waals surface area contributed by atoms with Crippen LogP contribution in [-0.4, -0.2) is 17.4 Å². The van der Waals surface area contributed by atoms with Crippen molar-refractivity contribution in [3.05, 3.63) is 39.9 Å². The Labute approximate surface area is 87.3 Å². The number of anilines is 1. The Hall–Kier alpha value is -1.91. The summed E-state index contributed by atoms with van der Waals surface area (Å²) in [5.41, 5.74) is 1.74. The van der Waals surface area contributed by atoms with Crippen molar-refractivity contribution in [2.75, 3.05) is 11.9 Å². The molecule has 5 nitrogen and oxygen atoms in total.